The third-order valence-electron chi connectivity index (χ3n) is 3.26. The number of nitriles is 1. The Balaban J connectivity index is 2.95. The predicted molar refractivity (Wildman–Crippen MR) is 79.9 cm³/mol. The highest BCUT2D eigenvalue weighted by molar-refractivity contribution is 7.98. The SMILES string of the molecule is CSCCC(C#N)(CCN(C)C)c1ccccc1. The van der Waals surface area contributed by atoms with Crippen LogP contribution in [0.4, 0.5) is 0 Å². The molecule has 98 valence electrons. The van der Waals surface area contributed by atoms with E-state index in [-0.39, 0.29) is 5.41 Å². The summed E-state index contributed by atoms with van der Waals surface area (Å²) in [5.74, 6) is 1.02. The first-order chi connectivity index (χ1) is 8.64. The second kappa shape index (κ2) is 7.45. The molecule has 0 saturated carbocycles. The van der Waals surface area contributed by atoms with Crippen LogP contribution in [0.1, 0.15) is 18.4 Å². The molecule has 1 aromatic rings. The Hall–Kier alpha value is -0.980. The lowest BCUT2D eigenvalue weighted by Crippen LogP contribution is -2.30. The molecule has 0 N–H and O–H groups in total. The van der Waals surface area contributed by atoms with E-state index in [0.29, 0.717) is 0 Å². The van der Waals surface area contributed by atoms with Crippen LogP contribution in [0.5, 0.6) is 0 Å². The van der Waals surface area contributed by atoms with Crippen LogP contribution in [0.3, 0.4) is 0 Å². The largest absolute Gasteiger partial charge is 0.309 e. The lowest BCUT2D eigenvalue weighted by Gasteiger charge is -2.28. The van der Waals surface area contributed by atoms with Crippen molar-refractivity contribution in [2.75, 3.05) is 32.6 Å². The van der Waals surface area contributed by atoms with E-state index < -0.39 is 0 Å². The normalized spacial score (nSPS) is 14.2. The van der Waals surface area contributed by atoms with Gasteiger partial charge in [-0.05, 0) is 51.1 Å². The van der Waals surface area contributed by atoms with Crippen molar-refractivity contribution in [3.63, 3.8) is 0 Å². The molecule has 1 rings (SSSR count). The van der Waals surface area contributed by atoms with Gasteiger partial charge in [-0.15, -0.1) is 0 Å². The molecule has 0 aliphatic heterocycles. The summed E-state index contributed by atoms with van der Waals surface area (Å²) in [5.41, 5.74) is 0.817. The third kappa shape index (κ3) is 4.04. The average Bonchev–Trinajstić information content (AvgIpc) is 2.40. The van der Waals surface area contributed by atoms with Crippen LogP contribution >= 0.6 is 11.8 Å². The summed E-state index contributed by atoms with van der Waals surface area (Å²) in [4.78, 5) is 2.15. The van der Waals surface area contributed by atoms with Crippen LogP contribution < -0.4 is 0 Å². The Kier molecular flexibility index (Phi) is 6.24. The number of hydrogen-bond donors (Lipinski definition) is 0. The van der Waals surface area contributed by atoms with Crippen molar-refractivity contribution in [3.05, 3.63) is 35.9 Å². The molecule has 0 heterocycles. The Morgan fingerprint density at radius 3 is 2.39 bits per heavy atom. The molecule has 3 heteroatoms. The van der Waals surface area contributed by atoms with E-state index in [9.17, 15) is 5.26 Å². The van der Waals surface area contributed by atoms with Crippen molar-refractivity contribution >= 4 is 11.8 Å². The van der Waals surface area contributed by atoms with Gasteiger partial charge in [0.15, 0.2) is 0 Å². The maximum absolute atomic E-state index is 9.69. The maximum Gasteiger partial charge on any atom is 0.0842 e. The van der Waals surface area contributed by atoms with E-state index in [1.807, 2.05) is 30.0 Å². The minimum Gasteiger partial charge on any atom is -0.309 e. The fraction of sp³-hybridized carbons (Fsp3) is 0.533. The van der Waals surface area contributed by atoms with Gasteiger partial charge in [0.05, 0.1) is 11.5 Å². The van der Waals surface area contributed by atoms with Crippen LogP contribution in [0.15, 0.2) is 30.3 Å². The molecule has 0 bridgehead atoms. The molecule has 0 aliphatic carbocycles. The van der Waals surface area contributed by atoms with E-state index in [1.165, 1.54) is 0 Å². The third-order valence-corrected chi connectivity index (χ3v) is 3.87. The van der Waals surface area contributed by atoms with Crippen molar-refractivity contribution in [1.29, 1.82) is 5.26 Å². The smallest absolute Gasteiger partial charge is 0.0842 e. The molecule has 18 heavy (non-hydrogen) atoms. The van der Waals surface area contributed by atoms with Gasteiger partial charge < -0.3 is 4.90 Å². The Bertz CT molecular complexity index is 383. The lowest BCUT2D eigenvalue weighted by molar-refractivity contribution is 0.348. The first-order valence-corrected chi connectivity index (χ1v) is 7.64. The molecule has 1 unspecified atom stereocenters. The number of benzene rings is 1. The molecule has 0 radical (unpaired) electrons. The number of hydrogen-bond acceptors (Lipinski definition) is 3. The fourth-order valence-corrected chi connectivity index (χ4v) is 2.59. The van der Waals surface area contributed by atoms with Crippen LogP contribution in [-0.2, 0) is 5.41 Å². The second-order valence-electron chi connectivity index (χ2n) is 4.86. The minimum absolute atomic E-state index is 0.339. The van der Waals surface area contributed by atoms with Gasteiger partial charge >= 0.3 is 0 Å². The van der Waals surface area contributed by atoms with Crippen molar-refractivity contribution < 1.29 is 0 Å². The Labute approximate surface area is 115 Å². The second-order valence-corrected chi connectivity index (χ2v) is 5.84. The van der Waals surface area contributed by atoms with Crippen LogP contribution in [0, 0.1) is 11.3 Å². The highest BCUT2D eigenvalue weighted by atomic mass is 32.2. The van der Waals surface area contributed by atoms with Gasteiger partial charge in [-0.1, -0.05) is 30.3 Å². The molecular formula is C15H22N2S. The first-order valence-electron chi connectivity index (χ1n) is 6.25. The molecule has 0 saturated heterocycles. The minimum atomic E-state index is -0.339. The summed E-state index contributed by atoms with van der Waals surface area (Å²) < 4.78 is 0. The standard InChI is InChI=1S/C15H22N2S/c1-17(2)11-9-15(13-16,10-12-18-3)14-7-5-4-6-8-14/h4-8H,9-12H2,1-3H3. The first kappa shape index (κ1) is 15.1. The summed E-state index contributed by atoms with van der Waals surface area (Å²) in [6.45, 7) is 0.941. The lowest BCUT2D eigenvalue weighted by atomic mass is 9.76. The van der Waals surface area contributed by atoms with E-state index in [4.69, 9.17) is 0 Å². The number of rotatable bonds is 7. The zero-order chi connectivity index (χ0) is 13.4. The molecule has 1 atom stereocenters. The van der Waals surface area contributed by atoms with Crippen molar-refractivity contribution in [3.8, 4) is 6.07 Å². The van der Waals surface area contributed by atoms with Crippen molar-refractivity contribution in [2.45, 2.75) is 18.3 Å². The summed E-state index contributed by atoms with van der Waals surface area (Å²) in [6, 6.07) is 12.8. The van der Waals surface area contributed by atoms with E-state index in [2.05, 4.69) is 43.5 Å². The van der Waals surface area contributed by atoms with Crippen molar-refractivity contribution in [1.82, 2.24) is 4.90 Å². The number of thioether (sulfide) groups is 1. The molecule has 0 amide bonds. The van der Waals surface area contributed by atoms with Gasteiger partial charge in [0.1, 0.15) is 0 Å². The van der Waals surface area contributed by atoms with E-state index >= 15 is 0 Å². The van der Waals surface area contributed by atoms with Gasteiger partial charge in [0, 0.05) is 0 Å². The topological polar surface area (TPSA) is 27.0 Å². The van der Waals surface area contributed by atoms with Gasteiger partial charge in [-0.2, -0.15) is 17.0 Å². The van der Waals surface area contributed by atoms with E-state index in [1.54, 1.807) is 0 Å². The van der Waals surface area contributed by atoms with Gasteiger partial charge in [0.25, 0.3) is 0 Å². The van der Waals surface area contributed by atoms with Crippen molar-refractivity contribution in [2.24, 2.45) is 0 Å². The monoisotopic (exact) mass is 262 g/mol. The quantitative estimate of drug-likeness (QED) is 0.755. The Morgan fingerprint density at radius 2 is 1.89 bits per heavy atom. The highest BCUT2D eigenvalue weighted by Gasteiger charge is 2.31. The average molecular weight is 262 g/mol. The highest BCUT2D eigenvalue weighted by Crippen LogP contribution is 2.32. The summed E-state index contributed by atoms with van der Waals surface area (Å²) in [6.07, 6.45) is 3.91. The molecule has 2 nitrogen and oxygen atoms in total. The van der Waals surface area contributed by atoms with Crippen LogP contribution in [0.2, 0.25) is 0 Å². The molecule has 0 spiro atoms. The molecule has 0 fully saturated rings. The summed E-state index contributed by atoms with van der Waals surface area (Å²) in [5, 5.41) is 9.69. The fourth-order valence-electron chi connectivity index (χ4n) is 2.04. The van der Waals surface area contributed by atoms with Gasteiger partial charge in [0.2, 0.25) is 0 Å². The summed E-state index contributed by atoms with van der Waals surface area (Å²) in [7, 11) is 4.11. The zero-order valence-electron chi connectivity index (χ0n) is 11.5. The van der Waals surface area contributed by atoms with E-state index in [0.717, 1.165) is 30.7 Å². The van der Waals surface area contributed by atoms with Crippen LogP contribution in [0.25, 0.3) is 0 Å². The van der Waals surface area contributed by atoms with Gasteiger partial charge in [-0.25, -0.2) is 0 Å². The predicted octanol–water partition coefficient (Wildman–Crippen LogP) is 3.15. The molecule has 0 aromatic heterocycles. The van der Waals surface area contributed by atoms with Gasteiger partial charge in [-0.3, -0.25) is 0 Å². The summed E-state index contributed by atoms with van der Waals surface area (Å²) >= 11 is 1.81. The Morgan fingerprint density at radius 1 is 1.22 bits per heavy atom. The van der Waals surface area contributed by atoms with Crippen LogP contribution in [-0.4, -0.2) is 37.5 Å². The molecule has 0 aliphatic rings. The zero-order valence-corrected chi connectivity index (χ0v) is 12.3. The maximum atomic E-state index is 9.69. The molecule has 1 aromatic carbocycles. The number of nitrogens with zero attached hydrogens (tertiary/aromatic N) is 2. The molecular weight excluding hydrogens is 240 g/mol.